The number of para-hydroxylation sites is 3. The third kappa shape index (κ3) is 5.39. The maximum absolute atomic E-state index is 2.32. The topological polar surface area (TPSA) is 6.48 Å². The van der Waals surface area contributed by atoms with Crippen molar-refractivity contribution in [2.45, 2.75) is 13.8 Å². The second-order valence-corrected chi connectivity index (χ2v) is 10.1. The average molecular weight is 517 g/mol. The fraction of sp³-hybridized carbons (Fsp3) is 0.0526. The standard InChI is InChI=1S/C38H32N2/c1-29-21-23-36(24-22-29)39(33-14-6-3-7-15-33)37-20-12-13-31(27-37)32-25-30(2)26-38(28-32)40(34-16-8-4-9-17-34)35-18-10-5-11-19-35/h3-28H,1-2H3. The molecule has 0 atom stereocenters. The molecule has 6 aromatic carbocycles. The van der Waals surface area contributed by atoms with E-state index in [2.05, 4.69) is 181 Å². The van der Waals surface area contributed by atoms with E-state index in [9.17, 15) is 0 Å². The Hall–Kier alpha value is -5.08. The van der Waals surface area contributed by atoms with Gasteiger partial charge in [-0.25, -0.2) is 0 Å². The molecule has 0 bridgehead atoms. The Morgan fingerprint density at radius 1 is 0.300 bits per heavy atom. The number of benzene rings is 6. The van der Waals surface area contributed by atoms with Gasteiger partial charge in [0, 0.05) is 34.1 Å². The van der Waals surface area contributed by atoms with Crippen LogP contribution in [0.5, 0.6) is 0 Å². The Kier molecular flexibility index (Phi) is 7.15. The van der Waals surface area contributed by atoms with Gasteiger partial charge in [-0.3, -0.25) is 0 Å². The number of hydrogen-bond donors (Lipinski definition) is 0. The zero-order valence-electron chi connectivity index (χ0n) is 22.9. The highest BCUT2D eigenvalue weighted by molar-refractivity contribution is 5.83. The fourth-order valence-corrected chi connectivity index (χ4v) is 5.20. The van der Waals surface area contributed by atoms with Gasteiger partial charge in [0.1, 0.15) is 0 Å². The normalized spacial score (nSPS) is 10.8. The van der Waals surface area contributed by atoms with Crippen LogP contribution in [0, 0.1) is 13.8 Å². The second-order valence-electron chi connectivity index (χ2n) is 10.1. The van der Waals surface area contributed by atoms with Crippen molar-refractivity contribution in [3.8, 4) is 11.1 Å². The summed E-state index contributed by atoms with van der Waals surface area (Å²) in [4.78, 5) is 4.64. The molecule has 0 radical (unpaired) electrons. The van der Waals surface area contributed by atoms with E-state index in [4.69, 9.17) is 0 Å². The van der Waals surface area contributed by atoms with Gasteiger partial charge in [-0.15, -0.1) is 0 Å². The fourth-order valence-electron chi connectivity index (χ4n) is 5.20. The molecule has 6 aromatic rings. The van der Waals surface area contributed by atoms with Crippen LogP contribution in [-0.4, -0.2) is 0 Å². The largest absolute Gasteiger partial charge is 0.310 e. The monoisotopic (exact) mass is 516 g/mol. The highest BCUT2D eigenvalue weighted by atomic mass is 15.1. The van der Waals surface area contributed by atoms with E-state index in [0.29, 0.717) is 0 Å². The van der Waals surface area contributed by atoms with Crippen LogP contribution in [0.2, 0.25) is 0 Å². The van der Waals surface area contributed by atoms with Crippen LogP contribution >= 0.6 is 0 Å². The molecule has 0 unspecified atom stereocenters. The molecule has 0 aliphatic rings. The molecule has 2 heteroatoms. The van der Waals surface area contributed by atoms with Gasteiger partial charge in [-0.05, 0) is 103 Å². The average Bonchev–Trinajstić information content (AvgIpc) is 3.00. The van der Waals surface area contributed by atoms with Crippen molar-refractivity contribution in [1.29, 1.82) is 0 Å². The molecule has 194 valence electrons. The van der Waals surface area contributed by atoms with E-state index in [0.717, 1.165) is 34.1 Å². The van der Waals surface area contributed by atoms with Crippen molar-refractivity contribution in [3.63, 3.8) is 0 Å². The van der Waals surface area contributed by atoms with Crippen LogP contribution in [0.3, 0.4) is 0 Å². The first-order chi connectivity index (χ1) is 19.7. The van der Waals surface area contributed by atoms with Gasteiger partial charge < -0.3 is 9.80 Å². The van der Waals surface area contributed by atoms with E-state index < -0.39 is 0 Å². The highest BCUT2D eigenvalue weighted by Crippen LogP contribution is 2.39. The molecule has 0 fully saturated rings. The first-order valence-corrected chi connectivity index (χ1v) is 13.7. The van der Waals surface area contributed by atoms with Crippen LogP contribution in [0.4, 0.5) is 34.1 Å². The van der Waals surface area contributed by atoms with Crippen molar-refractivity contribution >= 4 is 34.1 Å². The highest BCUT2D eigenvalue weighted by Gasteiger charge is 2.16. The third-order valence-corrected chi connectivity index (χ3v) is 7.09. The zero-order valence-corrected chi connectivity index (χ0v) is 22.9. The van der Waals surface area contributed by atoms with Gasteiger partial charge >= 0.3 is 0 Å². The van der Waals surface area contributed by atoms with E-state index in [1.54, 1.807) is 0 Å². The van der Waals surface area contributed by atoms with Crippen molar-refractivity contribution in [3.05, 3.63) is 169 Å². The molecule has 0 amide bonds. The van der Waals surface area contributed by atoms with Crippen molar-refractivity contribution < 1.29 is 0 Å². The summed E-state index contributed by atoms with van der Waals surface area (Å²) in [5, 5.41) is 0. The summed E-state index contributed by atoms with van der Waals surface area (Å²) < 4.78 is 0. The molecule has 0 saturated carbocycles. The van der Waals surface area contributed by atoms with Crippen LogP contribution in [0.15, 0.2) is 158 Å². The van der Waals surface area contributed by atoms with E-state index >= 15 is 0 Å². The molecule has 0 N–H and O–H groups in total. The second kappa shape index (κ2) is 11.3. The predicted octanol–water partition coefficient (Wildman–Crippen LogP) is 10.9. The third-order valence-electron chi connectivity index (χ3n) is 7.09. The first-order valence-electron chi connectivity index (χ1n) is 13.7. The Labute approximate surface area is 237 Å². The Morgan fingerprint density at radius 3 is 1.30 bits per heavy atom. The minimum atomic E-state index is 1.12. The lowest BCUT2D eigenvalue weighted by Gasteiger charge is -2.27. The smallest absolute Gasteiger partial charge is 0.0470 e. The van der Waals surface area contributed by atoms with Gasteiger partial charge in [-0.1, -0.05) is 90.5 Å². The molecule has 0 aromatic heterocycles. The van der Waals surface area contributed by atoms with Gasteiger partial charge in [0.25, 0.3) is 0 Å². The number of anilines is 6. The minimum Gasteiger partial charge on any atom is -0.310 e. The number of aryl methyl sites for hydroxylation is 2. The van der Waals surface area contributed by atoms with Crippen molar-refractivity contribution in [2.24, 2.45) is 0 Å². The molecule has 0 aliphatic carbocycles. The van der Waals surface area contributed by atoms with Crippen LogP contribution in [0.25, 0.3) is 11.1 Å². The van der Waals surface area contributed by atoms with Crippen molar-refractivity contribution in [2.75, 3.05) is 9.80 Å². The molecule has 0 aliphatic heterocycles. The summed E-state index contributed by atoms with van der Waals surface area (Å²) in [6.07, 6.45) is 0. The molecular weight excluding hydrogens is 484 g/mol. The van der Waals surface area contributed by atoms with Gasteiger partial charge in [0.15, 0.2) is 0 Å². The van der Waals surface area contributed by atoms with Crippen molar-refractivity contribution in [1.82, 2.24) is 0 Å². The molecule has 0 spiro atoms. The molecule has 2 nitrogen and oxygen atoms in total. The predicted molar refractivity (Wildman–Crippen MR) is 171 cm³/mol. The minimum absolute atomic E-state index is 1.12. The summed E-state index contributed by atoms with van der Waals surface area (Å²) in [5.74, 6) is 0. The van der Waals surface area contributed by atoms with Gasteiger partial charge in [-0.2, -0.15) is 0 Å². The Bertz CT molecular complexity index is 1650. The first kappa shape index (κ1) is 25.2. The van der Waals surface area contributed by atoms with E-state index in [-0.39, 0.29) is 0 Å². The molecule has 6 rings (SSSR count). The molecule has 40 heavy (non-hydrogen) atoms. The lowest BCUT2D eigenvalue weighted by molar-refractivity contribution is 1.27. The molecule has 0 heterocycles. The maximum atomic E-state index is 2.32. The van der Waals surface area contributed by atoms with E-state index in [1.807, 2.05) is 0 Å². The summed E-state index contributed by atoms with van der Waals surface area (Å²) in [6, 6.07) is 56.1. The molecular formula is C38H32N2. The summed E-state index contributed by atoms with van der Waals surface area (Å²) >= 11 is 0. The number of hydrogen-bond acceptors (Lipinski definition) is 2. The lowest BCUT2D eigenvalue weighted by Crippen LogP contribution is -2.10. The SMILES string of the molecule is Cc1ccc(N(c2ccccc2)c2cccc(-c3cc(C)cc(N(c4ccccc4)c4ccccc4)c3)c2)cc1. The van der Waals surface area contributed by atoms with E-state index in [1.165, 1.54) is 22.3 Å². The van der Waals surface area contributed by atoms with Crippen LogP contribution in [0.1, 0.15) is 11.1 Å². The summed E-state index contributed by atoms with van der Waals surface area (Å²) in [7, 11) is 0. The quantitative estimate of drug-likeness (QED) is 0.208. The Morgan fingerprint density at radius 2 is 0.750 bits per heavy atom. The lowest BCUT2D eigenvalue weighted by atomic mass is 10.0. The van der Waals surface area contributed by atoms with Crippen LogP contribution in [-0.2, 0) is 0 Å². The Balaban J connectivity index is 1.46. The van der Waals surface area contributed by atoms with Gasteiger partial charge in [0.05, 0.1) is 0 Å². The summed E-state index contributed by atoms with van der Waals surface area (Å²) in [5.41, 5.74) is 11.6. The van der Waals surface area contributed by atoms with Crippen LogP contribution < -0.4 is 9.80 Å². The maximum Gasteiger partial charge on any atom is 0.0470 e. The number of nitrogens with zero attached hydrogens (tertiary/aromatic N) is 2. The molecule has 0 saturated heterocycles. The number of rotatable bonds is 7. The zero-order chi connectivity index (χ0) is 27.3. The summed E-state index contributed by atoms with van der Waals surface area (Å²) in [6.45, 7) is 4.30. The van der Waals surface area contributed by atoms with Gasteiger partial charge in [0.2, 0.25) is 0 Å².